The van der Waals surface area contributed by atoms with Gasteiger partial charge in [0.25, 0.3) is 0 Å². The van der Waals surface area contributed by atoms with Gasteiger partial charge >= 0.3 is 0 Å². The molecule has 2 atom stereocenters. The Kier molecular flexibility index (Phi) is 2.17. The molecule has 1 nitrogen and oxygen atoms in total. The minimum atomic E-state index is 0.956. The third kappa shape index (κ3) is 1.44. The lowest BCUT2D eigenvalue weighted by Crippen LogP contribution is -2.44. The summed E-state index contributed by atoms with van der Waals surface area (Å²) in [7, 11) is 2.31. The molecule has 1 saturated carbocycles. The molecule has 0 aromatic carbocycles. The average molecular weight is 153 g/mol. The number of hydrogen-bond donors (Lipinski definition) is 0. The molecule has 11 heavy (non-hydrogen) atoms. The number of rotatable bonds is 0. The van der Waals surface area contributed by atoms with Gasteiger partial charge in [0.1, 0.15) is 0 Å². The van der Waals surface area contributed by atoms with Gasteiger partial charge < -0.3 is 4.90 Å². The zero-order valence-electron chi connectivity index (χ0n) is 7.55. The molecule has 2 fully saturated rings. The molecule has 2 rings (SSSR count). The van der Waals surface area contributed by atoms with Crippen LogP contribution in [0.1, 0.15) is 38.5 Å². The highest BCUT2D eigenvalue weighted by molar-refractivity contribution is 4.85. The van der Waals surface area contributed by atoms with E-state index in [0.29, 0.717) is 0 Å². The van der Waals surface area contributed by atoms with Crippen molar-refractivity contribution in [3.63, 3.8) is 0 Å². The average Bonchev–Trinajstić information content (AvgIpc) is 2.06. The lowest BCUT2D eigenvalue weighted by Gasteiger charge is -2.42. The van der Waals surface area contributed by atoms with E-state index in [4.69, 9.17) is 0 Å². The van der Waals surface area contributed by atoms with E-state index in [9.17, 15) is 0 Å². The summed E-state index contributed by atoms with van der Waals surface area (Å²) >= 11 is 0. The van der Waals surface area contributed by atoms with Crippen LogP contribution in [0.3, 0.4) is 0 Å². The first-order valence-corrected chi connectivity index (χ1v) is 5.08. The van der Waals surface area contributed by atoms with Crippen LogP contribution >= 0.6 is 0 Å². The van der Waals surface area contributed by atoms with Crippen LogP contribution in [0.4, 0.5) is 0 Å². The molecule has 0 bridgehead atoms. The van der Waals surface area contributed by atoms with Crippen LogP contribution in [0.5, 0.6) is 0 Å². The fourth-order valence-electron chi connectivity index (χ4n) is 2.87. The number of nitrogens with zero attached hydrogens (tertiary/aromatic N) is 1. The van der Waals surface area contributed by atoms with Crippen LogP contribution in [0.2, 0.25) is 0 Å². The predicted molar refractivity (Wildman–Crippen MR) is 47.6 cm³/mol. The van der Waals surface area contributed by atoms with E-state index in [1.807, 2.05) is 0 Å². The standard InChI is InChI=1S/C10H19N/c1-11-8-4-6-9-5-2-3-7-10(9)11/h9-10H,2-8H2,1H3/t9-,10-/m1/s1. The molecule has 0 amide bonds. The molecule has 1 heteroatoms. The van der Waals surface area contributed by atoms with Gasteiger partial charge in [0.2, 0.25) is 0 Å². The Morgan fingerprint density at radius 3 is 2.55 bits per heavy atom. The molecule has 64 valence electrons. The Morgan fingerprint density at radius 2 is 1.73 bits per heavy atom. The Morgan fingerprint density at radius 1 is 1.00 bits per heavy atom. The maximum Gasteiger partial charge on any atom is 0.0120 e. The molecule has 1 saturated heterocycles. The molecule has 0 aromatic rings. The first-order chi connectivity index (χ1) is 5.38. The second-order valence-corrected chi connectivity index (χ2v) is 4.23. The monoisotopic (exact) mass is 153 g/mol. The van der Waals surface area contributed by atoms with Crippen molar-refractivity contribution in [1.29, 1.82) is 0 Å². The maximum absolute atomic E-state index is 2.59. The third-order valence-electron chi connectivity index (χ3n) is 3.52. The molecule has 0 N–H and O–H groups in total. The molecule has 1 aliphatic carbocycles. The molecule has 0 unspecified atom stereocenters. The number of fused-ring (bicyclic) bond motifs is 1. The van der Waals surface area contributed by atoms with Gasteiger partial charge in [0, 0.05) is 6.04 Å². The first-order valence-electron chi connectivity index (χ1n) is 5.08. The highest BCUT2D eigenvalue weighted by Crippen LogP contribution is 2.34. The minimum absolute atomic E-state index is 0.956. The van der Waals surface area contributed by atoms with Crippen molar-refractivity contribution in [1.82, 2.24) is 4.90 Å². The fourth-order valence-corrected chi connectivity index (χ4v) is 2.87. The molecule has 0 spiro atoms. The van der Waals surface area contributed by atoms with Gasteiger partial charge in [-0.05, 0) is 45.2 Å². The van der Waals surface area contributed by atoms with E-state index in [-0.39, 0.29) is 0 Å². The Balaban J connectivity index is 1.99. The summed E-state index contributed by atoms with van der Waals surface area (Å²) in [6, 6.07) is 0.956. The molecule has 1 aliphatic heterocycles. The number of hydrogen-bond acceptors (Lipinski definition) is 1. The van der Waals surface area contributed by atoms with Gasteiger partial charge in [-0.1, -0.05) is 12.8 Å². The molecule has 2 aliphatic rings. The van der Waals surface area contributed by atoms with Crippen LogP contribution in [0.15, 0.2) is 0 Å². The van der Waals surface area contributed by atoms with Crippen molar-refractivity contribution in [3.8, 4) is 0 Å². The van der Waals surface area contributed by atoms with Crippen molar-refractivity contribution in [2.45, 2.75) is 44.6 Å². The second kappa shape index (κ2) is 3.14. The first kappa shape index (κ1) is 7.60. The third-order valence-corrected chi connectivity index (χ3v) is 3.52. The highest BCUT2D eigenvalue weighted by atomic mass is 15.1. The Labute approximate surface area is 69.8 Å². The molecule has 0 aromatic heterocycles. The van der Waals surface area contributed by atoms with Gasteiger partial charge in [-0.3, -0.25) is 0 Å². The zero-order valence-corrected chi connectivity index (χ0v) is 7.55. The van der Waals surface area contributed by atoms with Crippen molar-refractivity contribution < 1.29 is 0 Å². The van der Waals surface area contributed by atoms with Crippen LogP contribution in [-0.4, -0.2) is 24.5 Å². The van der Waals surface area contributed by atoms with Crippen LogP contribution in [0.25, 0.3) is 0 Å². The van der Waals surface area contributed by atoms with Crippen molar-refractivity contribution in [3.05, 3.63) is 0 Å². The quantitative estimate of drug-likeness (QED) is 0.516. The number of piperidine rings is 1. The number of likely N-dealkylation sites (tertiary alicyclic amines) is 1. The van der Waals surface area contributed by atoms with E-state index in [2.05, 4.69) is 11.9 Å². The van der Waals surface area contributed by atoms with Gasteiger partial charge in [-0.2, -0.15) is 0 Å². The highest BCUT2D eigenvalue weighted by Gasteiger charge is 2.30. The van der Waals surface area contributed by atoms with Gasteiger partial charge in [0.05, 0.1) is 0 Å². The van der Waals surface area contributed by atoms with Crippen molar-refractivity contribution >= 4 is 0 Å². The van der Waals surface area contributed by atoms with Crippen LogP contribution in [-0.2, 0) is 0 Å². The zero-order chi connectivity index (χ0) is 7.68. The molecular formula is C10H19N. The van der Waals surface area contributed by atoms with Gasteiger partial charge in [-0.15, -0.1) is 0 Å². The molecular weight excluding hydrogens is 134 g/mol. The van der Waals surface area contributed by atoms with Crippen LogP contribution in [0, 0.1) is 5.92 Å². The Bertz CT molecular complexity index is 131. The van der Waals surface area contributed by atoms with E-state index < -0.39 is 0 Å². The molecule has 1 heterocycles. The van der Waals surface area contributed by atoms with Crippen molar-refractivity contribution in [2.24, 2.45) is 5.92 Å². The Hall–Kier alpha value is -0.0400. The van der Waals surface area contributed by atoms with Crippen LogP contribution < -0.4 is 0 Å². The second-order valence-electron chi connectivity index (χ2n) is 4.23. The van der Waals surface area contributed by atoms with E-state index in [1.54, 1.807) is 0 Å². The van der Waals surface area contributed by atoms with Gasteiger partial charge in [-0.25, -0.2) is 0 Å². The largest absolute Gasteiger partial charge is 0.303 e. The summed E-state index contributed by atoms with van der Waals surface area (Å²) in [4.78, 5) is 2.59. The fraction of sp³-hybridized carbons (Fsp3) is 1.00. The van der Waals surface area contributed by atoms with E-state index >= 15 is 0 Å². The van der Waals surface area contributed by atoms with E-state index in [0.717, 1.165) is 12.0 Å². The normalized spacial score (nSPS) is 40.1. The van der Waals surface area contributed by atoms with Crippen molar-refractivity contribution in [2.75, 3.05) is 13.6 Å². The van der Waals surface area contributed by atoms with E-state index in [1.165, 1.54) is 45.1 Å². The summed E-state index contributed by atoms with van der Waals surface area (Å²) in [5.74, 6) is 1.06. The lowest BCUT2D eigenvalue weighted by molar-refractivity contribution is 0.0841. The van der Waals surface area contributed by atoms with Gasteiger partial charge in [0.15, 0.2) is 0 Å². The summed E-state index contributed by atoms with van der Waals surface area (Å²) in [6.45, 7) is 1.35. The SMILES string of the molecule is CN1CCC[C@H]2CCCC[C@H]21. The summed E-state index contributed by atoms with van der Waals surface area (Å²) in [5.41, 5.74) is 0. The minimum Gasteiger partial charge on any atom is -0.303 e. The topological polar surface area (TPSA) is 3.24 Å². The smallest absolute Gasteiger partial charge is 0.0120 e. The summed E-state index contributed by atoms with van der Waals surface area (Å²) in [5, 5.41) is 0. The lowest BCUT2D eigenvalue weighted by atomic mass is 9.79. The maximum atomic E-state index is 2.59. The molecule has 0 radical (unpaired) electrons. The summed E-state index contributed by atoms with van der Waals surface area (Å²) in [6.07, 6.45) is 8.91. The predicted octanol–water partition coefficient (Wildman–Crippen LogP) is 2.27. The summed E-state index contributed by atoms with van der Waals surface area (Å²) < 4.78 is 0.